The summed E-state index contributed by atoms with van der Waals surface area (Å²) in [6.45, 7) is 5.90. The normalized spacial score (nSPS) is 12.1. The number of benzene rings is 1. The monoisotopic (exact) mass is 391 g/mol. The van der Waals surface area contributed by atoms with Crippen LogP contribution in [0.25, 0.3) is 0 Å². The van der Waals surface area contributed by atoms with Crippen LogP contribution in [0.4, 0.5) is 0 Å². The van der Waals surface area contributed by atoms with Crippen LogP contribution in [0.2, 0.25) is 5.02 Å². The molecule has 1 unspecified atom stereocenters. The van der Waals surface area contributed by atoms with E-state index in [1.54, 1.807) is 20.8 Å². The topological polar surface area (TPSA) is 74.4 Å². The number of likely N-dealkylation sites (N-methyl/N-ethyl adjacent to an activating group) is 1. The van der Waals surface area contributed by atoms with Crippen LogP contribution in [0.15, 0.2) is 24.3 Å². The first-order valence-electron chi connectivity index (χ1n) is 8.83. The van der Waals surface area contributed by atoms with Gasteiger partial charge in [0.25, 0.3) is 5.91 Å². The lowest BCUT2D eigenvalue weighted by Crippen LogP contribution is -2.35. The number of amides is 1. The lowest BCUT2D eigenvalue weighted by atomic mass is 10.1. The minimum atomic E-state index is -0.426. The number of aromatic amines is 1. The molecule has 2 aromatic rings. The molecule has 27 heavy (non-hydrogen) atoms. The molecule has 0 bridgehead atoms. The summed E-state index contributed by atoms with van der Waals surface area (Å²) in [4.78, 5) is 29.8. The number of carbonyl (C=O) groups is 2. The molecule has 0 aliphatic carbocycles. The first-order chi connectivity index (χ1) is 12.8. The predicted molar refractivity (Wildman–Crippen MR) is 106 cm³/mol. The van der Waals surface area contributed by atoms with Gasteiger partial charge in [0.05, 0.1) is 18.2 Å². The average molecular weight is 392 g/mol. The largest absolute Gasteiger partial charge is 0.462 e. The van der Waals surface area contributed by atoms with Crippen molar-refractivity contribution in [3.63, 3.8) is 0 Å². The Kier molecular flexibility index (Phi) is 7.05. The van der Waals surface area contributed by atoms with Crippen LogP contribution in [0.3, 0.4) is 0 Å². The van der Waals surface area contributed by atoms with Crippen molar-refractivity contribution in [3.05, 3.63) is 57.4 Å². The smallest absolute Gasteiger partial charge is 0.340 e. The zero-order valence-corrected chi connectivity index (χ0v) is 17.1. The van der Waals surface area contributed by atoms with Crippen LogP contribution in [-0.4, -0.2) is 49.0 Å². The minimum absolute atomic E-state index is 0.0801. The van der Waals surface area contributed by atoms with E-state index in [-0.39, 0.29) is 18.6 Å². The Hall–Kier alpha value is -2.31. The van der Waals surface area contributed by atoms with Crippen LogP contribution in [0.1, 0.15) is 50.6 Å². The standard InChI is InChI=1S/C20H26ClN3O3/c1-6-27-20(26)17-12(2)18(23-13(17)3)19(25)22-11-16(24(4)5)14-9-7-8-10-15(14)21/h7-10,16,23H,6,11H2,1-5H3,(H,22,25). The van der Waals surface area contributed by atoms with Crippen molar-refractivity contribution in [2.24, 2.45) is 0 Å². The molecule has 1 aromatic carbocycles. The van der Waals surface area contributed by atoms with E-state index in [0.717, 1.165) is 5.56 Å². The quantitative estimate of drug-likeness (QED) is 0.708. The fraction of sp³-hybridized carbons (Fsp3) is 0.400. The number of aryl methyl sites for hydroxylation is 1. The second-order valence-electron chi connectivity index (χ2n) is 6.56. The predicted octanol–water partition coefficient (Wildman–Crippen LogP) is 3.49. The molecule has 6 nitrogen and oxygen atoms in total. The fourth-order valence-corrected chi connectivity index (χ4v) is 3.34. The number of rotatable bonds is 7. The molecule has 146 valence electrons. The van der Waals surface area contributed by atoms with Gasteiger partial charge in [0.2, 0.25) is 0 Å². The number of nitrogens with one attached hydrogen (secondary N) is 2. The second-order valence-corrected chi connectivity index (χ2v) is 6.96. The minimum Gasteiger partial charge on any atom is -0.462 e. The molecule has 0 saturated carbocycles. The number of hydrogen-bond donors (Lipinski definition) is 2. The highest BCUT2D eigenvalue weighted by Crippen LogP contribution is 2.26. The molecule has 0 fully saturated rings. The van der Waals surface area contributed by atoms with Crippen LogP contribution in [0.5, 0.6) is 0 Å². The van der Waals surface area contributed by atoms with Gasteiger partial charge in [0, 0.05) is 17.3 Å². The molecule has 1 amide bonds. The molecule has 0 spiro atoms. The van der Waals surface area contributed by atoms with Gasteiger partial charge < -0.3 is 19.9 Å². The van der Waals surface area contributed by atoms with Crippen molar-refractivity contribution in [3.8, 4) is 0 Å². The molecule has 0 radical (unpaired) electrons. The summed E-state index contributed by atoms with van der Waals surface area (Å²) in [7, 11) is 3.87. The van der Waals surface area contributed by atoms with Crippen molar-refractivity contribution >= 4 is 23.5 Å². The van der Waals surface area contributed by atoms with Crippen molar-refractivity contribution < 1.29 is 14.3 Å². The van der Waals surface area contributed by atoms with E-state index in [9.17, 15) is 9.59 Å². The first-order valence-corrected chi connectivity index (χ1v) is 9.21. The van der Waals surface area contributed by atoms with Gasteiger partial charge in [-0.3, -0.25) is 4.79 Å². The van der Waals surface area contributed by atoms with E-state index < -0.39 is 5.97 Å². The third-order valence-electron chi connectivity index (χ3n) is 4.49. The molecule has 2 rings (SSSR count). The molecular formula is C20H26ClN3O3. The number of nitrogens with zero attached hydrogens (tertiary/aromatic N) is 1. The van der Waals surface area contributed by atoms with E-state index >= 15 is 0 Å². The van der Waals surface area contributed by atoms with Gasteiger partial charge in [-0.2, -0.15) is 0 Å². The van der Waals surface area contributed by atoms with Crippen LogP contribution >= 0.6 is 11.6 Å². The highest BCUT2D eigenvalue weighted by molar-refractivity contribution is 6.31. The summed E-state index contributed by atoms with van der Waals surface area (Å²) < 4.78 is 5.07. The van der Waals surface area contributed by atoms with Crippen molar-refractivity contribution in [2.45, 2.75) is 26.8 Å². The Morgan fingerprint density at radius 2 is 1.93 bits per heavy atom. The van der Waals surface area contributed by atoms with Crippen molar-refractivity contribution in [1.29, 1.82) is 0 Å². The average Bonchev–Trinajstić information content (AvgIpc) is 2.91. The van der Waals surface area contributed by atoms with E-state index in [2.05, 4.69) is 10.3 Å². The van der Waals surface area contributed by atoms with Crippen molar-refractivity contribution in [2.75, 3.05) is 27.2 Å². The lowest BCUT2D eigenvalue weighted by Gasteiger charge is -2.26. The van der Waals surface area contributed by atoms with E-state index in [4.69, 9.17) is 16.3 Å². The first kappa shape index (κ1) is 21.0. The molecule has 0 aliphatic heterocycles. The Balaban J connectivity index is 2.18. The molecule has 0 aliphatic rings. The maximum atomic E-state index is 12.7. The van der Waals surface area contributed by atoms with Gasteiger partial charge in [-0.15, -0.1) is 0 Å². The third-order valence-corrected chi connectivity index (χ3v) is 4.83. The van der Waals surface area contributed by atoms with Crippen LogP contribution in [0, 0.1) is 13.8 Å². The summed E-state index contributed by atoms with van der Waals surface area (Å²) in [5.74, 6) is -0.699. The van der Waals surface area contributed by atoms with E-state index in [1.807, 2.05) is 43.3 Å². The Morgan fingerprint density at radius 1 is 1.26 bits per heavy atom. The van der Waals surface area contributed by atoms with Crippen LogP contribution < -0.4 is 5.32 Å². The third kappa shape index (κ3) is 4.70. The SMILES string of the molecule is CCOC(=O)c1c(C)[nH]c(C(=O)NCC(c2ccccc2Cl)N(C)C)c1C. The molecule has 1 atom stereocenters. The maximum Gasteiger partial charge on any atom is 0.340 e. The number of carbonyl (C=O) groups excluding carboxylic acids is 2. The van der Waals surface area contributed by atoms with Crippen molar-refractivity contribution in [1.82, 2.24) is 15.2 Å². The number of aromatic nitrogens is 1. The number of ether oxygens (including phenoxy) is 1. The summed E-state index contributed by atoms with van der Waals surface area (Å²) in [6.07, 6.45) is 0. The summed E-state index contributed by atoms with van der Waals surface area (Å²) in [5.41, 5.74) is 2.93. The number of hydrogen-bond acceptors (Lipinski definition) is 4. The van der Waals surface area contributed by atoms with Crippen LogP contribution in [-0.2, 0) is 4.74 Å². The molecule has 7 heteroatoms. The molecule has 2 N–H and O–H groups in total. The summed E-state index contributed by atoms with van der Waals surface area (Å²) in [6, 6.07) is 7.49. The molecule has 1 aromatic heterocycles. The Morgan fingerprint density at radius 3 is 2.52 bits per heavy atom. The summed E-state index contributed by atoms with van der Waals surface area (Å²) in [5, 5.41) is 3.59. The zero-order chi connectivity index (χ0) is 20.1. The molecular weight excluding hydrogens is 366 g/mol. The van der Waals surface area contributed by atoms with E-state index in [0.29, 0.717) is 34.1 Å². The van der Waals surface area contributed by atoms with Gasteiger partial charge in [-0.05, 0) is 52.1 Å². The maximum absolute atomic E-state index is 12.7. The van der Waals surface area contributed by atoms with Gasteiger partial charge in [0.1, 0.15) is 5.69 Å². The van der Waals surface area contributed by atoms with Gasteiger partial charge in [-0.1, -0.05) is 29.8 Å². The number of H-pyrrole nitrogens is 1. The molecule has 1 heterocycles. The highest BCUT2D eigenvalue weighted by Gasteiger charge is 2.24. The zero-order valence-electron chi connectivity index (χ0n) is 16.4. The summed E-state index contributed by atoms with van der Waals surface area (Å²) >= 11 is 6.31. The van der Waals surface area contributed by atoms with Gasteiger partial charge >= 0.3 is 5.97 Å². The Bertz CT molecular complexity index is 830. The number of halogens is 1. The fourth-order valence-electron chi connectivity index (χ4n) is 3.08. The lowest BCUT2D eigenvalue weighted by molar-refractivity contribution is 0.0525. The molecule has 0 saturated heterocycles. The van der Waals surface area contributed by atoms with Gasteiger partial charge in [0.15, 0.2) is 0 Å². The van der Waals surface area contributed by atoms with E-state index in [1.165, 1.54) is 0 Å². The number of esters is 1. The highest BCUT2D eigenvalue weighted by atomic mass is 35.5. The second kappa shape index (κ2) is 9.06. The Labute approximate surface area is 164 Å². The van der Waals surface area contributed by atoms with Gasteiger partial charge in [-0.25, -0.2) is 4.79 Å².